The molecule has 2 aromatic carbocycles. The summed E-state index contributed by atoms with van der Waals surface area (Å²) >= 11 is 13.3. The van der Waals surface area contributed by atoms with E-state index in [2.05, 4.69) is 74.4 Å². The summed E-state index contributed by atoms with van der Waals surface area (Å²) in [6.45, 7) is 1.14. The Balaban J connectivity index is 1.96. The Morgan fingerprint density at radius 3 is 1.41 bits per heavy atom. The molecule has 4 N–H and O–H groups in total. The van der Waals surface area contributed by atoms with E-state index in [9.17, 15) is 10.2 Å². The van der Waals surface area contributed by atoms with Crippen molar-refractivity contribution in [3.8, 4) is 11.5 Å². The number of hydrogen-bond acceptors (Lipinski definition) is 4. The highest BCUT2D eigenvalue weighted by Crippen LogP contribution is 2.36. The summed E-state index contributed by atoms with van der Waals surface area (Å²) < 4.78 is 2.96. The Bertz CT molecular complexity index is 636. The number of nitrogens with one attached hydrogen (secondary N) is 2. The van der Waals surface area contributed by atoms with Crippen LogP contribution in [-0.4, -0.2) is 23.3 Å². The van der Waals surface area contributed by atoms with E-state index in [-0.39, 0.29) is 11.5 Å². The number of anilines is 2. The van der Waals surface area contributed by atoms with E-state index in [4.69, 9.17) is 0 Å². The van der Waals surface area contributed by atoms with E-state index in [1.54, 1.807) is 24.3 Å². The molecule has 0 spiro atoms. The van der Waals surface area contributed by atoms with Crippen LogP contribution in [0.5, 0.6) is 11.5 Å². The smallest absolute Gasteiger partial charge is 0.152 e. The topological polar surface area (TPSA) is 64.5 Å². The molecule has 22 heavy (non-hydrogen) atoms. The van der Waals surface area contributed by atoms with E-state index in [1.165, 1.54) is 0 Å². The first-order chi connectivity index (χ1) is 10.4. The molecule has 0 saturated carbocycles. The molecule has 0 atom stereocenters. The summed E-state index contributed by atoms with van der Waals surface area (Å²) in [4.78, 5) is 0. The lowest BCUT2D eigenvalue weighted by Gasteiger charge is -2.13. The van der Waals surface area contributed by atoms with Crippen LogP contribution in [-0.2, 0) is 0 Å². The second kappa shape index (κ2) is 7.90. The molecule has 0 bridgehead atoms. The monoisotopic (exact) mass is 556 g/mol. The lowest BCUT2D eigenvalue weighted by molar-refractivity contribution is 0.472. The Labute approximate surface area is 161 Å². The highest BCUT2D eigenvalue weighted by Gasteiger charge is 2.08. The van der Waals surface area contributed by atoms with Crippen molar-refractivity contribution in [3.05, 3.63) is 42.2 Å². The van der Waals surface area contributed by atoms with Crippen molar-refractivity contribution in [2.45, 2.75) is 0 Å². The number of benzene rings is 2. The van der Waals surface area contributed by atoms with Gasteiger partial charge in [-0.25, -0.2) is 0 Å². The molecule has 0 heterocycles. The van der Waals surface area contributed by atoms with Crippen LogP contribution in [0.15, 0.2) is 42.2 Å². The summed E-state index contributed by atoms with van der Waals surface area (Å²) in [6.07, 6.45) is 0. The van der Waals surface area contributed by atoms with Crippen LogP contribution in [0.4, 0.5) is 11.4 Å². The fraction of sp³-hybridized carbons (Fsp3) is 0.143. The standard InChI is InChI=1S/C14H12Br4N2O2/c15-7-3-9(17)13(21)11(5-7)19-1-2-20-12-6-8(16)4-10(18)14(12)22/h3-6,19-22H,1-2H2. The normalized spacial score (nSPS) is 10.5. The average molecular weight is 560 g/mol. The van der Waals surface area contributed by atoms with Gasteiger partial charge < -0.3 is 20.8 Å². The third-order valence-corrected chi connectivity index (χ3v) is 4.94. The van der Waals surface area contributed by atoms with E-state index in [0.717, 1.165) is 8.95 Å². The van der Waals surface area contributed by atoms with Crippen molar-refractivity contribution in [1.82, 2.24) is 0 Å². The first-order valence-electron chi connectivity index (χ1n) is 6.22. The maximum atomic E-state index is 9.95. The highest BCUT2D eigenvalue weighted by atomic mass is 79.9. The molecule has 0 aromatic heterocycles. The van der Waals surface area contributed by atoms with Crippen molar-refractivity contribution in [2.24, 2.45) is 0 Å². The molecule has 2 aromatic rings. The quantitative estimate of drug-likeness (QED) is 0.282. The molecule has 0 radical (unpaired) electrons. The van der Waals surface area contributed by atoms with Crippen LogP contribution in [0.2, 0.25) is 0 Å². The summed E-state index contributed by atoms with van der Waals surface area (Å²) in [7, 11) is 0. The van der Waals surface area contributed by atoms with Gasteiger partial charge in [-0.05, 0) is 56.1 Å². The number of hydrogen-bond donors (Lipinski definition) is 4. The Kier molecular flexibility index (Phi) is 6.43. The van der Waals surface area contributed by atoms with Gasteiger partial charge in [-0.2, -0.15) is 0 Å². The minimum absolute atomic E-state index is 0.163. The number of rotatable bonds is 5. The van der Waals surface area contributed by atoms with Gasteiger partial charge in [-0.15, -0.1) is 0 Å². The molecule has 118 valence electrons. The van der Waals surface area contributed by atoms with E-state index >= 15 is 0 Å². The molecule has 4 nitrogen and oxygen atoms in total. The third kappa shape index (κ3) is 4.53. The second-order valence-corrected chi connectivity index (χ2v) is 7.96. The van der Waals surface area contributed by atoms with Crippen LogP contribution in [0.1, 0.15) is 0 Å². The van der Waals surface area contributed by atoms with Crippen LogP contribution in [0.25, 0.3) is 0 Å². The zero-order valence-electron chi connectivity index (χ0n) is 11.1. The lowest BCUT2D eigenvalue weighted by Crippen LogP contribution is -2.14. The van der Waals surface area contributed by atoms with E-state index in [0.29, 0.717) is 33.4 Å². The molecule has 0 unspecified atom stereocenters. The number of halogens is 4. The van der Waals surface area contributed by atoms with Crippen molar-refractivity contribution < 1.29 is 10.2 Å². The molecule has 8 heteroatoms. The summed E-state index contributed by atoms with van der Waals surface area (Å²) in [5.74, 6) is 0.326. The maximum absolute atomic E-state index is 9.95. The largest absolute Gasteiger partial charge is 0.505 e. The van der Waals surface area contributed by atoms with Gasteiger partial charge in [0.25, 0.3) is 0 Å². The molecule has 0 fully saturated rings. The van der Waals surface area contributed by atoms with Crippen LogP contribution in [0.3, 0.4) is 0 Å². The SMILES string of the molecule is Oc1c(Br)cc(Br)cc1NCCNc1cc(Br)cc(Br)c1O. The zero-order chi connectivity index (χ0) is 16.3. The lowest BCUT2D eigenvalue weighted by atomic mass is 10.3. The minimum Gasteiger partial charge on any atom is -0.505 e. The molecule has 2 rings (SSSR count). The Morgan fingerprint density at radius 2 is 1.05 bits per heavy atom. The molecule has 0 aliphatic carbocycles. The number of phenolic OH excluding ortho intramolecular Hbond substituents is 2. The Morgan fingerprint density at radius 1 is 0.682 bits per heavy atom. The second-order valence-electron chi connectivity index (χ2n) is 4.42. The molecule has 0 amide bonds. The first-order valence-corrected chi connectivity index (χ1v) is 9.39. The molecular formula is C14H12Br4N2O2. The van der Waals surface area contributed by atoms with Gasteiger partial charge >= 0.3 is 0 Å². The predicted octanol–water partition coefficient (Wildman–Crippen LogP) is 5.67. The van der Waals surface area contributed by atoms with Crippen molar-refractivity contribution in [1.29, 1.82) is 0 Å². The zero-order valence-corrected chi connectivity index (χ0v) is 17.5. The van der Waals surface area contributed by atoms with E-state index < -0.39 is 0 Å². The molecule has 0 aliphatic heterocycles. The molecule has 0 aliphatic rings. The van der Waals surface area contributed by atoms with Gasteiger partial charge in [-0.3, -0.25) is 0 Å². The van der Waals surface area contributed by atoms with Gasteiger partial charge in [0, 0.05) is 22.0 Å². The predicted molar refractivity (Wildman–Crippen MR) is 104 cm³/mol. The summed E-state index contributed by atoms with van der Waals surface area (Å²) in [5, 5.41) is 26.2. The van der Waals surface area contributed by atoms with Gasteiger partial charge in [0.05, 0.1) is 20.3 Å². The maximum Gasteiger partial charge on any atom is 0.152 e. The molecule has 0 saturated heterocycles. The van der Waals surface area contributed by atoms with Crippen LogP contribution >= 0.6 is 63.7 Å². The third-order valence-electron chi connectivity index (χ3n) is 2.81. The summed E-state index contributed by atoms with van der Waals surface area (Å²) in [5.41, 5.74) is 1.25. The van der Waals surface area contributed by atoms with E-state index in [1.807, 2.05) is 0 Å². The fourth-order valence-electron chi connectivity index (χ4n) is 1.80. The van der Waals surface area contributed by atoms with Crippen LogP contribution < -0.4 is 10.6 Å². The van der Waals surface area contributed by atoms with Crippen molar-refractivity contribution >= 4 is 75.1 Å². The van der Waals surface area contributed by atoms with Crippen molar-refractivity contribution in [2.75, 3.05) is 23.7 Å². The first kappa shape index (κ1) is 17.9. The van der Waals surface area contributed by atoms with Crippen molar-refractivity contribution in [3.63, 3.8) is 0 Å². The van der Waals surface area contributed by atoms with Gasteiger partial charge in [-0.1, -0.05) is 31.9 Å². The van der Waals surface area contributed by atoms with Crippen LogP contribution in [0, 0.1) is 0 Å². The van der Waals surface area contributed by atoms with Gasteiger partial charge in [0.15, 0.2) is 11.5 Å². The summed E-state index contributed by atoms with van der Waals surface area (Å²) in [6, 6.07) is 7.15. The fourth-order valence-corrected chi connectivity index (χ4v) is 4.25. The number of aromatic hydroxyl groups is 2. The highest BCUT2D eigenvalue weighted by molar-refractivity contribution is 9.11. The van der Waals surface area contributed by atoms with Gasteiger partial charge in [0.1, 0.15) is 0 Å². The average Bonchev–Trinajstić information content (AvgIpc) is 2.44. The number of phenols is 2. The minimum atomic E-state index is 0.163. The molecular weight excluding hydrogens is 548 g/mol. The Hall–Kier alpha value is -0.440. The van der Waals surface area contributed by atoms with Gasteiger partial charge in [0.2, 0.25) is 0 Å².